The molecule has 4 saturated heterocycles. The van der Waals surface area contributed by atoms with Gasteiger partial charge in [-0.05, 0) is 141 Å². The number of rotatable bonds is 14. The largest absolute Gasteiger partial charge is 0.417 e. The zero-order valence-corrected chi connectivity index (χ0v) is 67.5. The number of hydrogen-bond donors (Lipinski definition) is 8. The van der Waals surface area contributed by atoms with Gasteiger partial charge < -0.3 is 60.6 Å². The molecule has 8 unspecified atom stereocenters. The summed E-state index contributed by atoms with van der Waals surface area (Å²) < 4.78 is 213. The number of aromatic nitrogens is 13. The number of nitrogens with zero attached hydrogens (tertiary/aromatic N) is 13. The van der Waals surface area contributed by atoms with E-state index in [2.05, 4.69) is 66.6 Å². The Labute approximate surface area is 709 Å². The summed E-state index contributed by atoms with van der Waals surface area (Å²) in [6.07, 6.45) is 0.469. The van der Waals surface area contributed by atoms with Crippen molar-refractivity contribution in [3.05, 3.63) is 254 Å². The number of fused-ring (bicyclic) bond motifs is 4. The zero-order valence-electron chi connectivity index (χ0n) is 67.5. The van der Waals surface area contributed by atoms with Crippen LogP contribution in [0.3, 0.4) is 0 Å². The molecule has 18 rings (SSSR count). The first-order valence-electron chi connectivity index (χ1n) is 39.6. The Morgan fingerprint density at radius 2 is 0.827 bits per heavy atom. The van der Waals surface area contributed by atoms with Crippen LogP contribution in [0.25, 0.3) is 22.6 Å². The molecule has 0 spiro atoms. The smallest absolute Gasteiger partial charge is 0.388 e. The zero-order chi connectivity index (χ0) is 90.9. The van der Waals surface area contributed by atoms with E-state index in [4.69, 9.17) is 18.9 Å². The van der Waals surface area contributed by atoms with Crippen LogP contribution in [-0.4, -0.2) is 184 Å². The van der Waals surface area contributed by atoms with Crippen molar-refractivity contribution >= 4 is 46.2 Å². The summed E-state index contributed by atoms with van der Waals surface area (Å²) in [4.78, 5) is 73.7. The molecule has 43 heteroatoms. The highest BCUT2D eigenvalue weighted by atomic mass is 19.4. The Kier molecular flexibility index (Phi) is 24.2. The Hall–Kier alpha value is -12.1. The van der Waals surface area contributed by atoms with Crippen molar-refractivity contribution in [2.24, 2.45) is 0 Å². The third-order valence-electron chi connectivity index (χ3n) is 23.3. The number of halogens is 14. The van der Waals surface area contributed by atoms with Crippen molar-refractivity contribution in [2.75, 3.05) is 52.9 Å². The number of aliphatic hydroxyl groups is 4. The van der Waals surface area contributed by atoms with Crippen LogP contribution in [0, 0.1) is 32.4 Å². The number of benzene rings is 3. The highest BCUT2D eigenvalue weighted by Crippen LogP contribution is 2.46. The molecule has 0 bridgehead atoms. The summed E-state index contributed by atoms with van der Waals surface area (Å²) >= 11 is 0. The minimum Gasteiger partial charge on any atom is -0.388 e. The molecular weight excluding hydrogens is 1710 g/mol. The third kappa shape index (κ3) is 17.9. The Bertz CT molecular complexity index is 6160. The van der Waals surface area contributed by atoms with Gasteiger partial charge in [-0.2, -0.15) is 73.1 Å². The molecule has 6 fully saturated rings. The molecule has 8 atom stereocenters. The van der Waals surface area contributed by atoms with Crippen LogP contribution in [0.2, 0.25) is 0 Å². The van der Waals surface area contributed by atoms with Crippen molar-refractivity contribution in [2.45, 2.75) is 155 Å². The summed E-state index contributed by atoms with van der Waals surface area (Å²) in [5.41, 5.74) is -6.34. The van der Waals surface area contributed by atoms with Crippen molar-refractivity contribution in [3.8, 4) is 0 Å². The van der Waals surface area contributed by atoms with Gasteiger partial charge in [-0.25, -0.2) is 46.8 Å². The maximum absolute atomic E-state index is 14.9. The minimum absolute atomic E-state index is 0.0240. The number of nitrogens with one attached hydrogen (secondary N) is 4. The van der Waals surface area contributed by atoms with Gasteiger partial charge in [-0.1, -0.05) is 30.3 Å². The number of carbonyl (C=O) groups is 4. The summed E-state index contributed by atoms with van der Waals surface area (Å²) in [6, 6.07) is 11.1. The molecule has 8 N–H and O–H groups in total. The molecule has 9 aromatic heterocycles. The summed E-state index contributed by atoms with van der Waals surface area (Å²) in [5, 5.41) is 70.8. The van der Waals surface area contributed by atoms with E-state index in [9.17, 15) is 101 Å². The number of aryl methyl sites for hydroxylation is 3. The van der Waals surface area contributed by atoms with E-state index >= 15 is 0 Å². The van der Waals surface area contributed by atoms with Crippen molar-refractivity contribution < 1.29 is 120 Å². The standard InChI is InChI=1S/C22H21F4N5O3.C22H21F3N4O3.C20H18F4N4O3.C20H19F3N4O3/c1-11-17(19-28-7-13(12-2-3-12)9-31(19)30-11)20(33)29-21(4-5-34-10-16(21)32)18-15(23)6-14(8-27-18)22(24,25)26;23-22(24,25)16-5-3-15(4-6-16)21(7-8-32-12-18(21)30)28-20(31)17-10-27-29-11-14(13-1-2-13)9-26-19(17)29;1-11-6-25-16-13(7-26-28(16)8-11)17(29)27-19(10-31-9-18(19,2)30)14-4-3-12(5-15(14)21)20(22,23)24;1-12-8-24-17-15(9-25-27(17)10-12)18(29)26-19(6-7-30-11-16(19)28)13-2-4-14(5-3-13)20(21,22)23/h6-9,12,16,32H,2-5,10H2,1H3,(H,29,33);3-6,9-11,13,18,30H,1-2,7-8,12H2,(H,28,31);3-8,30H,9-10H2,1-2H3,(H,27,29);2-5,8-10,16,28H,6-7,11H2,1H3,(H,26,29). The average Bonchev–Trinajstić information content (AvgIpc) is 1.65. The van der Waals surface area contributed by atoms with Crippen LogP contribution < -0.4 is 21.3 Å². The molecular formula is C84H79F14N17O12. The van der Waals surface area contributed by atoms with Crippen LogP contribution >= 0.6 is 0 Å². The van der Waals surface area contributed by atoms with E-state index in [1.807, 2.05) is 13.1 Å². The second-order valence-corrected chi connectivity index (χ2v) is 32.1. The van der Waals surface area contributed by atoms with Crippen LogP contribution in [-0.2, 0) is 65.8 Å². The molecule has 2 saturated carbocycles. The monoisotopic (exact) mass is 1780 g/mol. The summed E-state index contributed by atoms with van der Waals surface area (Å²) in [7, 11) is 0. The van der Waals surface area contributed by atoms with Gasteiger partial charge in [-0.15, -0.1) is 0 Å². The Morgan fingerprint density at radius 1 is 0.433 bits per heavy atom. The Morgan fingerprint density at radius 3 is 1.24 bits per heavy atom. The van der Waals surface area contributed by atoms with E-state index in [-0.39, 0.29) is 111 Å². The number of aliphatic hydroxyl groups excluding tert-OH is 3. The maximum atomic E-state index is 14.9. The minimum atomic E-state index is -4.80. The van der Waals surface area contributed by atoms with Crippen LogP contribution in [0.5, 0.6) is 0 Å². The number of alkyl halides is 12. The van der Waals surface area contributed by atoms with E-state index in [1.165, 1.54) is 69.5 Å². The van der Waals surface area contributed by atoms with Crippen molar-refractivity contribution in [3.63, 3.8) is 0 Å². The first-order chi connectivity index (χ1) is 60.0. The SMILES string of the molecule is Cc1cnc2c(C(=O)NC3(c4ccc(C(F)(F)F)cc4)CCOCC3O)cnn2c1.Cc1cnc2c(C(=O)NC3(c4ccc(C(F)(F)F)cc4F)COCC3(C)O)cnn2c1.Cc1nn2cc(C3CC3)cnc2c1C(=O)NC1(c2ncc(C(F)(F)F)cc2F)CCOCC1O.O=C(NC1(c2ccc(C(F)(F)F)cc2)CCOCC1O)c1cnn2cc(C3CC3)cnc12. The fraction of sp³-hybridized carbons (Fsp3) is 0.393. The van der Waals surface area contributed by atoms with Crippen LogP contribution in [0.4, 0.5) is 61.5 Å². The number of ether oxygens (including phenoxy) is 4. The molecule has 2 aliphatic carbocycles. The molecule has 4 aliphatic heterocycles. The number of carbonyl (C=O) groups excluding carboxylic acids is 4. The van der Waals surface area contributed by atoms with E-state index in [1.54, 1.807) is 55.5 Å². The van der Waals surface area contributed by atoms with Crippen LogP contribution in [0.15, 0.2) is 147 Å². The second kappa shape index (κ2) is 34.2. The third-order valence-corrected chi connectivity index (χ3v) is 23.3. The highest BCUT2D eigenvalue weighted by molar-refractivity contribution is 6.03. The molecule has 6 aliphatic rings. The average molecular weight is 1780 g/mol. The van der Waals surface area contributed by atoms with Gasteiger partial charge in [0, 0.05) is 100 Å². The lowest BCUT2D eigenvalue weighted by Gasteiger charge is -2.42. The van der Waals surface area contributed by atoms with Gasteiger partial charge in [0.25, 0.3) is 23.6 Å². The molecule has 670 valence electrons. The first-order valence-corrected chi connectivity index (χ1v) is 39.6. The van der Waals surface area contributed by atoms with E-state index in [0.29, 0.717) is 64.3 Å². The lowest BCUT2D eigenvalue weighted by Crippen LogP contribution is -2.60. The maximum Gasteiger partial charge on any atom is 0.417 e. The molecule has 12 aromatic rings. The van der Waals surface area contributed by atoms with Gasteiger partial charge in [0.15, 0.2) is 22.6 Å². The normalized spacial score (nSPS) is 23.4. The summed E-state index contributed by atoms with van der Waals surface area (Å²) in [6.45, 7) is 6.05. The molecule has 0 radical (unpaired) electrons. The Balaban J connectivity index is 0.000000131. The van der Waals surface area contributed by atoms with Crippen molar-refractivity contribution in [1.82, 2.24) is 84.6 Å². The fourth-order valence-corrected chi connectivity index (χ4v) is 15.9. The number of amides is 4. The fourth-order valence-electron chi connectivity index (χ4n) is 15.9. The lowest BCUT2D eigenvalue weighted by atomic mass is 9.77. The first kappa shape index (κ1) is 89.7. The predicted octanol–water partition coefficient (Wildman–Crippen LogP) is 11.0. The van der Waals surface area contributed by atoms with Gasteiger partial charge in [0.2, 0.25) is 0 Å². The van der Waals surface area contributed by atoms with Gasteiger partial charge in [0.1, 0.15) is 74.6 Å². The molecule has 4 amide bonds. The highest BCUT2D eigenvalue weighted by Gasteiger charge is 2.57. The van der Waals surface area contributed by atoms with Gasteiger partial charge in [-0.3, -0.25) is 24.2 Å². The quantitative estimate of drug-likeness (QED) is 0.0469. The predicted molar refractivity (Wildman–Crippen MR) is 416 cm³/mol. The topological polar surface area (TPSA) is 368 Å². The number of hydrogen-bond acceptors (Lipinski definition) is 21. The molecule has 3 aromatic carbocycles. The van der Waals surface area contributed by atoms with Crippen LogP contribution in [0.1, 0.15) is 178 Å². The summed E-state index contributed by atoms with van der Waals surface area (Å²) in [5.74, 6) is -4.12. The second-order valence-electron chi connectivity index (χ2n) is 32.1. The van der Waals surface area contributed by atoms with E-state index < -0.39 is 134 Å². The molecule has 29 nitrogen and oxygen atoms in total. The lowest BCUT2D eigenvalue weighted by molar-refractivity contribution is -0.138. The van der Waals surface area contributed by atoms with E-state index in [0.717, 1.165) is 78.3 Å². The molecule has 127 heavy (non-hydrogen) atoms. The van der Waals surface area contributed by atoms with Gasteiger partial charge in [0.05, 0.1) is 90.7 Å². The van der Waals surface area contributed by atoms with Crippen molar-refractivity contribution in [1.29, 1.82) is 0 Å². The van der Waals surface area contributed by atoms with Gasteiger partial charge >= 0.3 is 24.7 Å². The number of pyridine rings is 1. The molecule has 13 heterocycles.